The molecule has 1 aromatic carbocycles. The van der Waals surface area contributed by atoms with Gasteiger partial charge >= 0.3 is 0 Å². The number of hydrazone groups is 1. The predicted molar refractivity (Wildman–Crippen MR) is 75.9 cm³/mol. The number of carbonyl (C=O) groups excluding carboxylic acids is 1. The molecule has 0 atom stereocenters. The Hall–Kier alpha value is -1.36. The van der Waals surface area contributed by atoms with Gasteiger partial charge in [0, 0.05) is 10.2 Å². The molecule has 0 aliphatic rings. The molecule has 1 amide bonds. The van der Waals surface area contributed by atoms with Crippen molar-refractivity contribution in [1.82, 2.24) is 5.43 Å². The van der Waals surface area contributed by atoms with Gasteiger partial charge in [-0.05, 0) is 44.0 Å². The van der Waals surface area contributed by atoms with Gasteiger partial charge in [-0.25, -0.2) is 5.43 Å². The van der Waals surface area contributed by atoms with E-state index in [-0.39, 0.29) is 12.5 Å². The van der Waals surface area contributed by atoms with Crippen molar-refractivity contribution in [1.29, 1.82) is 0 Å². The van der Waals surface area contributed by atoms with E-state index in [0.717, 1.165) is 22.2 Å². The van der Waals surface area contributed by atoms with Gasteiger partial charge in [-0.3, -0.25) is 4.79 Å². The maximum Gasteiger partial charge on any atom is 0.277 e. The molecule has 18 heavy (non-hydrogen) atoms. The number of halogens is 1. The lowest BCUT2D eigenvalue weighted by Crippen LogP contribution is -2.25. The molecule has 0 spiro atoms. The van der Waals surface area contributed by atoms with Crippen LogP contribution in [0.5, 0.6) is 5.75 Å². The molecule has 1 aromatic rings. The van der Waals surface area contributed by atoms with Crippen LogP contribution in [-0.2, 0) is 4.79 Å². The van der Waals surface area contributed by atoms with Crippen LogP contribution in [0.15, 0.2) is 27.8 Å². The summed E-state index contributed by atoms with van der Waals surface area (Å²) in [4.78, 5) is 11.5. The first-order chi connectivity index (χ1) is 8.52. The molecule has 0 fully saturated rings. The zero-order chi connectivity index (χ0) is 13.5. The van der Waals surface area contributed by atoms with Crippen molar-refractivity contribution in [3.05, 3.63) is 28.2 Å². The van der Waals surface area contributed by atoms with Crippen LogP contribution in [0, 0.1) is 6.92 Å². The van der Waals surface area contributed by atoms with E-state index in [9.17, 15) is 4.79 Å². The van der Waals surface area contributed by atoms with Crippen molar-refractivity contribution in [2.75, 3.05) is 6.61 Å². The van der Waals surface area contributed by atoms with E-state index < -0.39 is 0 Å². The maximum absolute atomic E-state index is 11.5. The van der Waals surface area contributed by atoms with E-state index in [1.807, 2.05) is 39.0 Å². The van der Waals surface area contributed by atoms with Gasteiger partial charge < -0.3 is 4.74 Å². The van der Waals surface area contributed by atoms with Gasteiger partial charge in [-0.15, -0.1) is 0 Å². The molecule has 98 valence electrons. The third kappa shape index (κ3) is 4.87. The average molecular weight is 313 g/mol. The summed E-state index contributed by atoms with van der Waals surface area (Å²) < 4.78 is 6.40. The van der Waals surface area contributed by atoms with Gasteiger partial charge in [0.05, 0.1) is 0 Å². The van der Waals surface area contributed by atoms with E-state index >= 15 is 0 Å². The Balaban J connectivity index is 2.47. The van der Waals surface area contributed by atoms with Crippen molar-refractivity contribution in [2.45, 2.75) is 27.2 Å². The molecular weight excluding hydrogens is 296 g/mol. The molecule has 1 N–H and O–H groups in total. The Labute approximate surface area is 116 Å². The molecule has 0 aliphatic carbocycles. The normalized spacial score (nSPS) is 11.2. The van der Waals surface area contributed by atoms with Crippen LogP contribution in [-0.4, -0.2) is 18.2 Å². The number of nitrogens with zero attached hydrogens (tertiary/aromatic N) is 1. The Kier molecular flexibility index (Phi) is 5.85. The molecular formula is C13H17BrN2O2. The Morgan fingerprint density at radius 3 is 2.83 bits per heavy atom. The second-order valence-corrected chi connectivity index (χ2v) is 4.85. The molecule has 0 unspecified atom stereocenters. The van der Waals surface area contributed by atoms with Crippen LogP contribution in [0.25, 0.3) is 0 Å². The Bertz CT molecular complexity index is 458. The fourth-order valence-electron chi connectivity index (χ4n) is 1.19. The second-order valence-electron chi connectivity index (χ2n) is 3.93. The van der Waals surface area contributed by atoms with E-state index in [2.05, 4.69) is 26.5 Å². The largest absolute Gasteiger partial charge is 0.483 e. The minimum atomic E-state index is -0.259. The third-order valence-corrected chi connectivity index (χ3v) is 2.87. The standard InChI is InChI=1S/C13H17BrN2O2/c1-4-10(3)15-16-13(17)8-18-12-6-5-11(14)7-9(12)2/h5-7H,4,8H2,1-3H3,(H,16,17). The summed E-state index contributed by atoms with van der Waals surface area (Å²) in [6.45, 7) is 5.73. The highest BCUT2D eigenvalue weighted by atomic mass is 79.9. The summed E-state index contributed by atoms with van der Waals surface area (Å²) in [5, 5.41) is 3.92. The van der Waals surface area contributed by atoms with E-state index in [1.54, 1.807) is 0 Å². The van der Waals surface area contributed by atoms with Gasteiger partial charge in [0.25, 0.3) is 5.91 Å². The minimum absolute atomic E-state index is 0.0387. The average Bonchev–Trinajstić information content (AvgIpc) is 2.34. The summed E-state index contributed by atoms with van der Waals surface area (Å²) in [5.74, 6) is 0.440. The lowest BCUT2D eigenvalue weighted by Gasteiger charge is -2.08. The maximum atomic E-state index is 11.5. The molecule has 0 saturated carbocycles. The first-order valence-electron chi connectivity index (χ1n) is 5.74. The molecule has 0 aromatic heterocycles. The van der Waals surface area contributed by atoms with Crippen LogP contribution in [0.3, 0.4) is 0 Å². The smallest absolute Gasteiger partial charge is 0.277 e. The zero-order valence-electron chi connectivity index (χ0n) is 10.8. The number of rotatable bonds is 5. The molecule has 4 nitrogen and oxygen atoms in total. The van der Waals surface area contributed by atoms with Crippen molar-refractivity contribution < 1.29 is 9.53 Å². The monoisotopic (exact) mass is 312 g/mol. The Morgan fingerprint density at radius 2 is 2.22 bits per heavy atom. The quantitative estimate of drug-likeness (QED) is 0.671. The van der Waals surface area contributed by atoms with Crippen LogP contribution in [0.1, 0.15) is 25.8 Å². The molecule has 0 radical (unpaired) electrons. The lowest BCUT2D eigenvalue weighted by molar-refractivity contribution is -0.123. The fraction of sp³-hybridized carbons (Fsp3) is 0.385. The Morgan fingerprint density at radius 1 is 1.50 bits per heavy atom. The number of amides is 1. The van der Waals surface area contributed by atoms with Crippen LogP contribution in [0.4, 0.5) is 0 Å². The molecule has 0 saturated heterocycles. The predicted octanol–water partition coefficient (Wildman–Crippen LogP) is 3.04. The number of hydrogen-bond acceptors (Lipinski definition) is 3. The zero-order valence-corrected chi connectivity index (χ0v) is 12.4. The van der Waals surface area contributed by atoms with Gasteiger partial charge in [-0.2, -0.15) is 5.10 Å². The highest BCUT2D eigenvalue weighted by Crippen LogP contribution is 2.21. The first-order valence-corrected chi connectivity index (χ1v) is 6.53. The fourth-order valence-corrected chi connectivity index (χ4v) is 1.66. The third-order valence-electron chi connectivity index (χ3n) is 2.38. The van der Waals surface area contributed by atoms with Crippen LogP contribution in [0.2, 0.25) is 0 Å². The highest BCUT2D eigenvalue weighted by Gasteiger charge is 2.04. The van der Waals surface area contributed by atoms with Crippen molar-refractivity contribution in [3.63, 3.8) is 0 Å². The summed E-state index contributed by atoms with van der Waals surface area (Å²) >= 11 is 3.37. The lowest BCUT2D eigenvalue weighted by atomic mass is 10.2. The number of ether oxygens (including phenoxy) is 1. The topological polar surface area (TPSA) is 50.7 Å². The van der Waals surface area contributed by atoms with Crippen molar-refractivity contribution in [3.8, 4) is 5.75 Å². The van der Waals surface area contributed by atoms with Crippen molar-refractivity contribution >= 4 is 27.5 Å². The summed E-state index contributed by atoms with van der Waals surface area (Å²) in [6.07, 6.45) is 0.812. The SMILES string of the molecule is CCC(C)=NNC(=O)COc1ccc(Br)cc1C. The molecule has 0 bridgehead atoms. The molecule has 1 rings (SSSR count). The summed E-state index contributed by atoms with van der Waals surface area (Å²) in [6, 6.07) is 5.64. The first kappa shape index (κ1) is 14.7. The summed E-state index contributed by atoms with van der Waals surface area (Å²) in [5.41, 5.74) is 4.30. The number of aryl methyl sites for hydroxylation is 1. The van der Waals surface area contributed by atoms with Gasteiger partial charge in [-0.1, -0.05) is 22.9 Å². The summed E-state index contributed by atoms with van der Waals surface area (Å²) in [7, 11) is 0. The van der Waals surface area contributed by atoms with Gasteiger partial charge in [0.2, 0.25) is 0 Å². The second kappa shape index (κ2) is 7.16. The molecule has 0 aliphatic heterocycles. The van der Waals surface area contributed by atoms with E-state index in [4.69, 9.17) is 4.74 Å². The number of carbonyl (C=O) groups is 1. The van der Waals surface area contributed by atoms with Crippen LogP contribution < -0.4 is 10.2 Å². The highest BCUT2D eigenvalue weighted by molar-refractivity contribution is 9.10. The van der Waals surface area contributed by atoms with E-state index in [1.165, 1.54) is 0 Å². The molecule has 5 heteroatoms. The van der Waals surface area contributed by atoms with Gasteiger partial charge in [0.15, 0.2) is 6.61 Å². The molecule has 0 heterocycles. The van der Waals surface area contributed by atoms with E-state index in [0.29, 0.717) is 5.75 Å². The minimum Gasteiger partial charge on any atom is -0.483 e. The number of benzene rings is 1. The van der Waals surface area contributed by atoms with Gasteiger partial charge in [0.1, 0.15) is 5.75 Å². The van der Waals surface area contributed by atoms with Crippen LogP contribution >= 0.6 is 15.9 Å². The number of nitrogens with one attached hydrogen (secondary N) is 1. The number of hydrogen-bond donors (Lipinski definition) is 1. The van der Waals surface area contributed by atoms with Crippen molar-refractivity contribution in [2.24, 2.45) is 5.10 Å².